The first-order valence-corrected chi connectivity index (χ1v) is 5.65. The maximum Gasteiger partial charge on any atom is 0.157 e. The second-order valence-electron chi connectivity index (χ2n) is 4.24. The lowest BCUT2D eigenvalue weighted by Crippen LogP contribution is -2.15. The van der Waals surface area contributed by atoms with Gasteiger partial charge >= 0.3 is 0 Å². The second-order valence-corrected chi connectivity index (χ2v) is 4.24. The number of rotatable bonds is 1. The van der Waals surface area contributed by atoms with Gasteiger partial charge in [0.15, 0.2) is 5.76 Å². The fourth-order valence-corrected chi connectivity index (χ4v) is 2.31. The van der Waals surface area contributed by atoms with Crippen molar-refractivity contribution in [3.63, 3.8) is 0 Å². The Morgan fingerprint density at radius 1 is 1.25 bits per heavy atom. The van der Waals surface area contributed by atoms with Crippen LogP contribution >= 0.6 is 0 Å². The van der Waals surface area contributed by atoms with Gasteiger partial charge in [-0.25, -0.2) is 0 Å². The number of fused-ring (bicyclic) bond motifs is 1. The van der Waals surface area contributed by atoms with Crippen LogP contribution in [0.3, 0.4) is 0 Å². The molecule has 0 aliphatic heterocycles. The van der Waals surface area contributed by atoms with E-state index >= 15 is 0 Å². The van der Waals surface area contributed by atoms with Crippen LogP contribution in [-0.2, 0) is 6.42 Å². The highest BCUT2D eigenvalue weighted by atomic mass is 16.5. The van der Waals surface area contributed by atoms with Gasteiger partial charge in [-0.15, -0.1) is 0 Å². The Hall–Kier alpha value is -1.61. The van der Waals surface area contributed by atoms with Gasteiger partial charge < -0.3 is 10.3 Å². The molecule has 0 bridgehead atoms. The molecule has 82 valence electrons. The number of hydrogen-bond donors (Lipinski definition) is 1. The van der Waals surface area contributed by atoms with E-state index in [1.165, 1.54) is 5.56 Å². The first-order chi connectivity index (χ1) is 7.86. The smallest absolute Gasteiger partial charge is 0.157 e. The molecule has 2 N–H and O–H groups in total. The zero-order valence-electron chi connectivity index (χ0n) is 9.02. The maximum atomic E-state index is 6.00. The Kier molecular flexibility index (Phi) is 2.26. The van der Waals surface area contributed by atoms with Crippen molar-refractivity contribution in [3.8, 4) is 11.3 Å². The summed E-state index contributed by atoms with van der Waals surface area (Å²) in [4.78, 5) is 0. The maximum absolute atomic E-state index is 6.00. The zero-order chi connectivity index (χ0) is 11.0. The number of aromatic nitrogens is 1. The molecule has 0 amide bonds. The monoisotopic (exact) mass is 214 g/mol. The fourth-order valence-electron chi connectivity index (χ4n) is 2.31. The quantitative estimate of drug-likeness (QED) is 0.794. The summed E-state index contributed by atoms with van der Waals surface area (Å²) in [5.41, 5.74) is 9.28. The van der Waals surface area contributed by atoms with Gasteiger partial charge in [-0.2, -0.15) is 0 Å². The van der Waals surface area contributed by atoms with Crippen LogP contribution in [-0.4, -0.2) is 5.16 Å². The fraction of sp³-hybridized carbons (Fsp3) is 0.308. The van der Waals surface area contributed by atoms with Crippen LogP contribution in [0.1, 0.15) is 30.2 Å². The third-order valence-corrected chi connectivity index (χ3v) is 3.14. The van der Waals surface area contributed by atoms with E-state index in [2.05, 4.69) is 17.3 Å². The van der Waals surface area contributed by atoms with Gasteiger partial charge in [0.25, 0.3) is 0 Å². The third kappa shape index (κ3) is 1.44. The Balaban J connectivity index is 2.10. The largest absolute Gasteiger partial charge is 0.359 e. The second kappa shape index (κ2) is 3.76. The molecule has 2 aromatic rings. The molecule has 1 aromatic heterocycles. The van der Waals surface area contributed by atoms with Crippen LogP contribution < -0.4 is 5.73 Å². The third-order valence-electron chi connectivity index (χ3n) is 3.14. The Labute approximate surface area is 94.2 Å². The molecule has 3 rings (SSSR count). The van der Waals surface area contributed by atoms with Crippen molar-refractivity contribution in [2.45, 2.75) is 25.3 Å². The lowest BCUT2D eigenvalue weighted by atomic mass is 9.91. The highest BCUT2D eigenvalue weighted by molar-refractivity contribution is 5.63. The van der Waals surface area contributed by atoms with Gasteiger partial charge in [-0.05, 0) is 19.3 Å². The molecule has 16 heavy (non-hydrogen) atoms. The Morgan fingerprint density at radius 3 is 2.88 bits per heavy atom. The molecule has 1 aliphatic carbocycles. The van der Waals surface area contributed by atoms with Gasteiger partial charge in [0.2, 0.25) is 0 Å². The molecule has 3 heteroatoms. The van der Waals surface area contributed by atoms with Crippen molar-refractivity contribution in [2.75, 3.05) is 0 Å². The summed E-state index contributed by atoms with van der Waals surface area (Å²) in [6.45, 7) is 0. The molecular weight excluding hydrogens is 200 g/mol. The zero-order valence-corrected chi connectivity index (χ0v) is 9.02. The van der Waals surface area contributed by atoms with Gasteiger partial charge in [-0.1, -0.05) is 35.5 Å². The van der Waals surface area contributed by atoms with E-state index in [-0.39, 0.29) is 6.04 Å². The van der Waals surface area contributed by atoms with Crippen LogP contribution in [0, 0.1) is 0 Å². The summed E-state index contributed by atoms with van der Waals surface area (Å²) in [6, 6.07) is 10.2. The first kappa shape index (κ1) is 9.60. The molecule has 1 aliphatic rings. The highest BCUT2D eigenvalue weighted by Gasteiger charge is 2.25. The molecule has 1 heterocycles. The standard InChI is InChI=1S/C13H14N2O/c14-11-8-4-7-10-12(15-16-13(10)11)9-5-2-1-3-6-9/h1-3,5-6,11H,4,7-8,14H2. The van der Waals surface area contributed by atoms with Gasteiger partial charge in [0, 0.05) is 11.1 Å². The topological polar surface area (TPSA) is 52.0 Å². The van der Waals surface area contributed by atoms with E-state index in [0.29, 0.717) is 0 Å². The summed E-state index contributed by atoms with van der Waals surface area (Å²) >= 11 is 0. The van der Waals surface area contributed by atoms with Crippen molar-refractivity contribution in [1.29, 1.82) is 0 Å². The average molecular weight is 214 g/mol. The summed E-state index contributed by atoms with van der Waals surface area (Å²) in [5.74, 6) is 0.880. The Bertz CT molecular complexity index is 490. The van der Waals surface area contributed by atoms with Crippen LogP contribution in [0.2, 0.25) is 0 Å². The number of benzene rings is 1. The van der Waals surface area contributed by atoms with E-state index in [4.69, 9.17) is 10.3 Å². The van der Waals surface area contributed by atoms with Gasteiger partial charge in [0.05, 0.1) is 6.04 Å². The summed E-state index contributed by atoms with van der Waals surface area (Å²) in [7, 11) is 0. The van der Waals surface area contributed by atoms with E-state index < -0.39 is 0 Å². The Morgan fingerprint density at radius 2 is 2.06 bits per heavy atom. The molecule has 0 fully saturated rings. The minimum absolute atomic E-state index is 0.0220. The van der Waals surface area contributed by atoms with Crippen molar-refractivity contribution in [2.24, 2.45) is 5.73 Å². The molecule has 3 nitrogen and oxygen atoms in total. The van der Waals surface area contributed by atoms with E-state index in [9.17, 15) is 0 Å². The molecule has 0 saturated heterocycles. The SMILES string of the molecule is NC1CCCc2c(-c3ccccc3)noc21. The summed E-state index contributed by atoms with van der Waals surface area (Å²) < 4.78 is 5.38. The normalized spacial score (nSPS) is 19.4. The lowest BCUT2D eigenvalue weighted by Gasteiger charge is -2.15. The van der Waals surface area contributed by atoms with Crippen molar-refractivity contribution >= 4 is 0 Å². The molecule has 1 atom stereocenters. The van der Waals surface area contributed by atoms with Gasteiger partial charge in [0.1, 0.15) is 5.69 Å². The highest BCUT2D eigenvalue weighted by Crippen LogP contribution is 2.34. The minimum Gasteiger partial charge on any atom is -0.359 e. The van der Waals surface area contributed by atoms with E-state index in [1.54, 1.807) is 0 Å². The number of hydrogen-bond acceptors (Lipinski definition) is 3. The van der Waals surface area contributed by atoms with Crippen molar-refractivity contribution in [3.05, 3.63) is 41.7 Å². The molecular formula is C13H14N2O. The van der Waals surface area contributed by atoms with Crippen LogP contribution in [0.5, 0.6) is 0 Å². The van der Waals surface area contributed by atoms with Crippen LogP contribution in [0.4, 0.5) is 0 Å². The molecule has 0 radical (unpaired) electrons. The van der Waals surface area contributed by atoms with Crippen LogP contribution in [0.25, 0.3) is 11.3 Å². The molecule has 1 unspecified atom stereocenters. The van der Waals surface area contributed by atoms with E-state index in [1.807, 2.05) is 18.2 Å². The van der Waals surface area contributed by atoms with E-state index in [0.717, 1.165) is 36.3 Å². The number of nitrogens with zero attached hydrogens (tertiary/aromatic N) is 1. The minimum atomic E-state index is 0.0220. The first-order valence-electron chi connectivity index (χ1n) is 5.65. The van der Waals surface area contributed by atoms with Crippen molar-refractivity contribution < 1.29 is 4.52 Å². The lowest BCUT2D eigenvalue weighted by molar-refractivity contribution is 0.344. The number of nitrogens with two attached hydrogens (primary N) is 1. The predicted molar refractivity (Wildman–Crippen MR) is 61.8 cm³/mol. The molecule has 1 aromatic carbocycles. The summed E-state index contributed by atoms with van der Waals surface area (Å²) in [5, 5.41) is 4.16. The molecule has 0 spiro atoms. The molecule has 0 saturated carbocycles. The van der Waals surface area contributed by atoms with Crippen LogP contribution in [0.15, 0.2) is 34.9 Å². The van der Waals surface area contributed by atoms with Crippen molar-refractivity contribution in [1.82, 2.24) is 5.16 Å². The van der Waals surface area contributed by atoms with Gasteiger partial charge in [-0.3, -0.25) is 0 Å². The summed E-state index contributed by atoms with van der Waals surface area (Å²) in [6.07, 6.45) is 3.14. The average Bonchev–Trinajstić information content (AvgIpc) is 2.75. The predicted octanol–water partition coefficient (Wildman–Crippen LogP) is 2.68.